The smallest absolute Gasteiger partial charge is 0.252 e. The van der Waals surface area contributed by atoms with E-state index in [1.54, 1.807) is 18.2 Å². The molecule has 0 aliphatic rings. The Hall–Kier alpha value is -1.22. The molecule has 1 rings (SSSR count). The first-order chi connectivity index (χ1) is 7.54. The second kappa shape index (κ2) is 5.75. The van der Waals surface area contributed by atoms with Crippen molar-refractivity contribution in [3.8, 4) is 11.5 Å². The third-order valence-corrected chi connectivity index (χ3v) is 2.05. The van der Waals surface area contributed by atoms with Crippen LogP contribution in [0.4, 0.5) is 0 Å². The fourth-order valence-corrected chi connectivity index (χ4v) is 1.37. The van der Waals surface area contributed by atoms with Gasteiger partial charge in [-0.2, -0.15) is 0 Å². The Morgan fingerprint density at radius 2 is 2.06 bits per heavy atom. The van der Waals surface area contributed by atoms with Crippen molar-refractivity contribution in [2.75, 3.05) is 6.61 Å². The molecule has 0 spiro atoms. The largest absolute Gasteiger partial charge is 0.490 e. The molecule has 0 radical (unpaired) electrons. The Balaban J connectivity index is 3.03. The zero-order valence-corrected chi connectivity index (χ0v) is 10.4. The number of ether oxygens (including phenoxy) is 2. The summed E-state index contributed by atoms with van der Waals surface area (Å²) in [6.45, 7) is 6.23. The summed E-state index contributed by atoms with van der Waals surface area (Å²) in [5.41, 5.74) is 0.404. The van der Waals surface area contributed by atoms with Crippen molar-refractivity contribution >= 4 is 16.8 Å². The average molecular weight is 243 g/mol. The first-order valence-corrected chi connectivity index (χ1v) is 5.55. The van der Waals surface area contributed by atoms with Crippen LogP contribution in [0.15, 0.2) is 18.2 Å². The monoisotopic (exact) mass is 242 g/mol. The normalized spacial score (nSPS) is 10.3. The van der Waals surface area contributed by atoms with Crippen molar-refractivity contribution in [3.05, 3.63) is 23.8 Å². The predicted molar refractivity (Wildman–Crippen MR) is 63.6 cm³/mol. The second-order valence-corrected chi connectivity index (χ2v) is 3.88. The fraction of sp³-hybridized carbons (Fsp3) is 0.417. The van der Waals surface area contributed by atoms with Gasteiger partial charge in [0, 0.05) is 5.56 Å². The molecule has 0 atom stereocenters. The maximum Gasteiger partial charge on any atom is 0.252 e. The summed E-state index contributed by atoms with van der Waals surface area (Å²) in [6, 6.07) is 4.91. The van der Waals surface area contributed by atoms with Gasteiger partial charge >= 0.3 is 0 Å². The third-order valence-electron chi connectivity index (χ3n) is 1.83. The molecular weight excluding hydrogens is 228 g/mol. The second-order valence-electron chi connectivity index (χ2n) is 3.53. The Morgan fingerprint density at radius 3 is 2.56 bits per heavy atom. The molecule has 16 heavy (non-hydrogen) atoms. The van der Waals surface area contributed by atoms with Crippen molar-refractivity contribution in [1.82, 2.24) is 0 Å². The molecule has 0 aromatic heterocycles. The van der Waals surface area contributed by atoms with E-state index >= 15 is 0 Å². The van der Waals surface area contributed by atoms with Gasteiger partial charge in [-0.1, -0.05) is 0 Å². The highest BCUT2D eigenvalue weighted by Gasteiger charge is 2.10. The van der Waals surface area contributed by atoms with E-state index in [0.717, 1.165) is 0 Å². The Morgan fingerprint density at radius 1 is 1.38 bits per heavy atom. The summed E-state index contributed by atoms with van der Waals surface area (Å²) in [7, 11) is 0. The highest BCUT2D eigenvalue weighted by Crippen LogP contribution is 2.29. The van der Waals surface area contributed by atoms with E-state index in [9.17, 15) is 4.79 Å². The van der Waals surface area contributed by atoms with Crippen LogP contribution in [0.1, 0.15) is 31.1 Å². The molecule has 0 heterocycles. The molecule has 0 saturated carbocycles. The average Bonchev–Trinajstić information content (AvgIpc) is 2.20. The first kappa shape index (κ1) is 12.8. The lowest BCUT2D eigenvalue weighted by molar-refractivity contribution is 0.108. The van der Waals surface area contributed by atoms with Crippen molar-refractivity contribution in [1.29, 1.82) is 0 Å². The molecule has 0 unspecified atom stereocenters. The topological polar surface area (TPSA) is 35.5 Å². The van der Waals surface area contributed by atoms with Gasteiger partial charge in [0.05, 0.1) is 12.7 Å². The lowest BCUT2D eigenvalue weighted by atomic mass is 10.2. The maximum absolute atomic E-state index is 11.0. The summed E-state index contributed by atoms with van der Waals surface area (Å²) in [6.07, 6.45) is 0.0526. The van der Waals surface area contributed by atoms with Gasteiger partial charge in [0.2, 0.25) is 0 Å². The molecule has 3 nitrogen and oxygen atoms in total. The molecule has 0 N–H and O–H groups in total. The molecular formula is C12H15ClO3. The molecule has 0 bridgehead atoms. The predicted octanol–water partition coefficient (Wildman–Crippen LogP) is 3.25. The van der Waals surface area contributed by atoms with Crippen molar-refractivity contribution in [2.24, 2.45) is 0 Å². The maximum atomic E-state index is 11.0. The molecule has 0 aliphatic carbocycles. The van der Waals surface area contributed by atoms with Crippen LogP contribution < -0.4 is 9.47 Å². The summed E-state index contributed by atoms with van der Waals surface area (Å²) in [4.78, 5) is 11.0. The summed E-state index contributed by atoms with van der Waals surface area (Å²) in [5.74, 6) is 1.17. The molecule has 0 aliphatic heterocycles. The van der Waals surface area contributed by atoms with Gasteiger partial charge in [0.15, 0.2) is 11.5 Å². The van der Waals surface area contributed by atoms with Crippen LogP contribution in [0.5, 0.6) is 11.5 Å². The lowest BCUT2D eigenvalue weighted by Crippen LogP contribution is -2.07. The molecule has 4 heteroatoms. The molecule has 1 aromatic carbocycles. The minimum atomic E-state index is -0.503. The highest BCUT2D eigenvalue weighted by atomic mass is 35.5. The third kappa shape index (κ3) is 3.42. The summed E-state index contributed by atoms with van der Waals surface area (Å²) < 4.78 is 10.9. The minimum absolute atomic E-state index is 0.0526. The molecule has 0 saturated heterocycles. The molecule has 1 aromatic rings. The fourth-order valence-electron chi connectivity index (χ4n) is 1.25. The van der Waals surface area contributed by atoms with Crippen LogP contribution in [0.3, 0.4) is 0 Å². The number of rotatable bonds is 5. The number of carbonyl (C=O) groups excluding carboxylic acids is 1. The van der Waals surface area contributed by atoms with Gasteiger partial charge < -0.3 is 9.47 Å². The van der Waals surface area contributed by atoms with Gasteiger partial charge in [-0.3, -0.25) is 4.79 Å². The van der Waals surface area contributed by atoms with Crippen molar-refractivity contribution in [2.45, 2.75) is 26.9 Å². The van der Waals surface area contributed by atoms with Crippen molar-refractivity contribution < 1.29 is 14.3 Å². The number of benzene rings is 1. The molecule has 88 valence electrons. The summed E-state index contributed by atoms with van der Waals surface area (Å²) in [5, 5.41) is -0.503. The van der Waals surface area contributed by atoms with Crippen LogP contribution >= 0.6 is 11.6 Å². The lowest BCUT2D eigenvalue weighted by Gasteiger charge is -2.14. The zero-order valence-electron chi connectivity index (χ0n) is 9.62. The van der Waals surface area contributed by atoms with E-state index < -0.39 is 5.24 Å². The molecule has 0 amide bonds. The number of hydrogen-bond donors (Lipinski definition) is 0. The SMILES string of the molecule is CCOc1cc(C(=O)Cl)ccc1OC(C)C. The van der Waals surface area contributed by atoms with E-state index in [1.165, 1.54) is 0 Å². The van der Waals surface area contributed by atoms with E-state index in [4.69, 9.17) is 21.1 Å². The van der Waals surface area contributed by atoms with Gasteiger partial charge in [-0.25, -0.2) is 0 Å². The first-order valence-electron chi connectivity index (χ1n) is 5.18. The van der Waals surface area contributed by atoms with Crippen LogP contribution in [0.25, 0.3) is 0 Å². The van der Waals surface area contributed by atoms with E-state index in [1.807, 2.05) is 20.8 Å². The Labute approximate surface area is 100 Å². The van der Waals surface area contributed by atoms with Gasteiger partial charge in [0.25, 0.3) is 5.24 Å². The van der Waals surface area contributed by atoms with Gasteiger partial charge in [0.1, 0.15) is 0 Å². The van der Waals surface area contributed by atoms with Crippen molar-refractivity contribution in [3.63, 3.8) is 0 Å². The standard InChI is InChI=1S/C12H15ClO3/c1-4-15-11-7-9(12(13)14)5-6-10(11)16-8(2)3/h5-8H,4H2,1-3H3. The quantitative estimate of drug-likeness (QED) is 0.744. The summed E-state index contributed by atoms with van der Waals surface area (Å²) >= 11 is 5.40. The number of carbonyl (C=O) groups is 1. The molecule has 0 fully saturated rings. The van der Waals surface area contributed by atoms with Crippen LogP contribution in [-0.4, -0.2) is 18.0 Å². The zero-order chi connectivity index (χ0) is 12.1. The van der Waals surface area contributed by atoms with Crippen LogP contribution in [0.2, 0.25) is 0 Å². The van der Waals surface area contributed by atoms with Gasteiger partial charge in [-0.15, -0.1) is 0 Å². The Kier molecular flexibility index (Phi) is 4.62. The van der Waals surface area contributed by atoms with E-state index in [0.29, 0.717) is 23.7 Å². The van der Waals surface area contributed by atoms with E-state index in [2.05, 4.69) is 0 Å². The van der Waals surface area contributed by atoms with Crippen LogP contribution in [-0.2, 0) is 0 Å². The number of hydrogen-bond acceptors (Lipinski definition) is 3. The van der Waals surface area contributed by atoms with Gasteiger partial charge in [-0.05, 0) is 50.6 Å². The minimum Gasteiger partial charge on any atom is -0.490 e. The van der Waals surface area contributed by atoms with E-state index in [-0.39, 0.29) is 6.10 Å². The van der Waals surface area contributed by atoms with Crippen LogP contribution in [0, 0.1) is 0 Å². The number of halogens is 1. The Bertz CT molecular complexity index is 375. The highest BCUT2D eigenvalue weighted by molar-refractivity contribution is 6.67.